The Morgan fingerprint density at radius 3 is 2.50 bits per heavy atom. The smallest absolute Gasteiger partial charge is 0.339 e. The van der Waals surface area contributed by atoms with Gasteiger partial charge in [-0.2, -0.15) is 0 Å². The fourth-order valence-corrected chi connectivity index (χ4v) is 1.88. The summed E-state index contributed by atoms with van der Waals surface area (Å²) in [6, 6.07) is 6.84. The van der Waals surface area contributed by atoms with Crippen LogP contribution < -0.4 is 10.6 Å². The van der Waals surface area contributed by atoms with Crippen molar-refractivity contribution in [1.82, 2.24) is 15.3 Å². The lowest BCUT2D eigenvalue weighted by Gasteiger charge is -2.09. The fourth-order valence-electron chi connectivity index (χ4n) is 1.88. The summed E-state index contributed by atoms with van der Waals surface area (Å²) in [5.74, 6) is -0.486. The van der Waals surface area contributed by atoms with Crippen LogP contribution in [0.15, 0.2) is 36.7 Å². The summed E-state index contributed by atoms with van der Waals surface area (Å²) < 4.78 is 9.59. The molecule has 0 saturated heterocycles. The Labute approximate surface area is 139 Å². The summed E-state index contributed by atoms with van der Waals surface area (Å²) in [4.78, 5) is 31.7. The summed E-state index contributed by atoms with van der Waals surface area (Å²) >= 11 is 0. The molecule has 0 radical (unpaired) electrons. The molecule has 8 heteroatoms. The molecule has 0 bridgehead atoms. The van der Waals surface area contributed by atoms with Crippen molar-refractivity contribution in [2.45, 2.75) is 0 Å². The van der Waals surface area contributed by atoms with Crippen LogP contribution in [0.2, 0.25) is 0 Å². The highest BCUT2D eigenvalue weighted by molar-refractivity contribution is 5.96. The summed E-state index contributed by atoms with van der Waals surface area (Å²) in [5.41, 5.74) is 1.21. The number of carbonyl (C=O) groups excluding carboxylic acids is 2. The molecule has 8 nitrogen and oxygen atoms in total. The van der Waals surface area contributed by atoms with Crippen LogP contribution in [0.1, 0.15) is 20.7 Å². The normalized spacial score (nSPS) is 10.1. The molecule has 0 aliphatic rings. The first kappa shape index (κ1) is 17.4. The highest BCUT2D eigenvalue weighted by Crippen LogP contribution is 2.19. The second-order valence-electron chi connectivity index (χ2n) is 4.71. The van der Waals surface area contributed by atoms with Gasteiger partial charge in [0.05, 0.1) is 30.5 Å². The van der Waals surface area contributed by atoms with E-state index >= 15 is 0 Å². The van der Waals surface area contributed by atoms with Crippen LogP contribution >= 0.6 is 0 Å². The molecule has 1 aromatic carbocycles. The van der Waals surface area contributed by atoms with Crippen LogP contribution in [0.4, 0.5) is 11.6 Å². The maximum atomic E-state index is 11.8. The van der Waals surface area contributed by atoms with Crippen molar-refractivity contribution in [1.29, 1.82) is 0 Å². The SMILES string of the molecule is COCCNC(=O)c1cnc(Nc2ccccc2C(=O)OC)nc1. The molecule has 0 saturated carbocycles. The van der Waals surface area contributed by atoms with Gasteiger partial charge in [0.25, 0.3) is 5.91 Å². The molecule has 2 rings (SSSR count). The van der Waals surface area contributed by atoms with E-state index in [9.17, 15) is 9.59 Å². The predicted molar refractivity (Wildman–Crippen MR) is 87.3 cm³/mol. The largest absolute Gasteiger partial charge is 0.465 e. The number of nitrogens with zero attached hydrogens (tertiary/aromatic N) is 2. The third-order valence-corrected chi connectivity index (χ3v) is 3.08. The number of aromatic nitrogens is 2. The van der Waals surface area contributed by atoms with Crippen molar-refractivity contribution in [3.8, 4) is 0 Å². The fraction of sp³-hybridized carbons (Fsp3) is 0.250. The number of rotatable bonds is 7. The van der Waals surface area contributed by atoms with Gasteiger partial charge in [0, 0.05) is 26.0 Å². The number of methoxy groups -OCH3 is 2. The van der Waals surface area contributed by atoms with E-state index in [0.29, 0.717) is 30.0 Å². The number of para-hydroxylation sites is 1. The van der Waals surface area contributed by atoms with Crippen LogP contribution in [0.5, 0.6) is 0 Å². The minimum Gasteiger partial charge on any atom is -0.465 e. The molecule has 0 aliphatic heterocycles. The third kappa shape index (κ3) is 4.50. The zero-order valence-electron chi connectivity index (χ0n) is 13.4. The van der Waals surface area contributed by atoms with E-state index in [0.717, 1.165) is 0 Å². The van der Waals surface area contributed by atoms with Crippen molar-refractivity contribution in [2.75, 3.05) is 32.7 Å². The lowest BCUT2D eigenvalue weighted by atomic mass is 10.2. The molecule has 2 N–H and O–H groups in total. The van der Waals surface area contributed by atoms with Gasteiger partial charge in [-0.25, -0.2) is 14.8 Å². The average Bonchev–Trinajstić information content (AvgIpc) is 2.62. The van der Waals surface area contributed by atoms with Gasteiger partial charge >= 0.3 is 5.97 Å². The van der Waals surface area contributed by atoms with Crippen molar-refractivity contribution < 1.29 is 19.1 Å². The Balaban J connectivity index is 2.07. The van der Waals surface area contributed by atoms with Gasteiger partial charge in [0.1, 0.15) is 0 Å². The predicted octanol–water partition coefficient (Wildman–Crippen LogP) is 1.38. The number of ether oxygens (including phenoxy) is 2. The van der Waals surface area contributed by atoms with Crippen molar-refractivity contribution >= 4 is 23.5 Å². The van der Waals surface area contributed by atoms with E-state index < -0.39 is 5.97 Å². The molecule has 24 heavy (non-hydrogen) atoms. The zero-order chi connectivity index (χ0) is 17.4. The molecule has 1 amide bonds. The van der Waals surface area contributed by atoms with Crippen LogP contribution in [-0.4, -0.2) is 49.2 Å². The first-order valence-corrected chi connectivity index (χ1v) is 7.19. The van der Waals surface area contributed by atoms with Gasteiger partial charge in [-0.15, -0.1) is 0 Å². The third-order valence-electron chi connectivity index (χ3n) is 3.08. The Morgan fingerprint density at radius 1 is 1.12 bits per heavy atom. The molecule has 0 spiro atoms. The highest BCUT2D eigenvalue weighted by atomic mass is 16.5. The molecule has 1 aromatic heterocycles. The minimum absolute atomic E-state index is 0.264. The Morgan fingerprint density at radius 2 is 1.83 bits per heavy atom. The molecule has 126 valence electrons. The number of carbonyl (C=O) groups is 2. The van der Waals surface area contributed by atoms with E-state index in [1.165, 1.54) is 19.5 Å². The number of hydrogen-bond donors (Lipinski definition) is 2. The van der Waals surface area contributed by atoms with E-state index in [1.54, 1.807) is 31.4 Å². The zero-order valence-corrected chi connectivity index (χ0v) is 13.4. The van der Waals surface area contributed by atoms with E-state index in [1.807, 2.05) is 0 Å². The number of amides is 1. The summed E-state index contributed by atoms with van der Waals surface area (Å²) in [6.07, 6.45) is 2.80. The molecule has 0 atom stereocenters. The summed E-state index contributed by atoms with van der Waals surface area (Å²) in [7, 11) is 2.87. The lowest BCUT2D eigenvalue weighted by molar-refractivity contribution is 0.0601. The van der Waals surface area contributed by atoms with E-state index in [-0.39, 0.29) is 11.9 Å². The Bertz CT molecular complexity index is 703. The molecule has 2 aromatic rings. The van der Waals surface area contributed by atoms with Gasteiger partial charge < -0.3 is 20.1 Å². The number of esters is 1. The van der Waals surface area contributed by atoms with Crippen molar-refractivity contribution in [3.05, 3.63) is 47.8 Å². The number of anilines is 2. The van der Waals surface area contributed by atoms with Gasteiger partial charge in [0.2, 0.25) is 5.95 Å². The number of benzene rings is 1. The van der Waals surface area contributed by atoms with Crippen molar-refractivity contribution in [3.63, 3.8) is 0 Å². The first-order chi connectivity index (χ1) is 11.7. The quantitative estimate of drug-likeness (QED) is 0.584. The maximum Gasteiger partial charge on any atom is 0.339 e. The number of nitrogens with one attached hydrogen (secondary N) is 2. The average molecular weight is 330 g/mol. The summed E-state index contributed by atoms with van der Waals surface area (Å²) in [6.45, 7) is 0.832. The van der Waals surface area contributed by atoms with Crippen LogP contribution in [-0.2, 0) is 9.47 Å². The van der Waals surface area contributed by atoms with Gasteiger partial charge in [-0.3, -0.25) is 4.79 Å². The van der Waals surface area contributed by atoms with E-state index in [2.05, 4.69) is 20.6 Å². The highest BCUT2D eigenvalue weighted by Gasteiger charge is 2.12. The Kier molecular flexibility index (Phi) is 6.21. The monoisotopic (exact) mass is 330 g/mol. The van der Waals surface area contributed by atoms with Crippen LogP contribution in [0, 0.1) is 0 Å². The van der Waals surface area contributed by atoms with Gasteiger partial charge in [0.15, 0.2) is 0 Å². The molecular weight excluding hydrogens is 312 g/mol. The summed E-state index contributed by atoms with van der Waals surface area (Å²) in [5, 5.41) is 5.61. The van der Waals surface area contributed by atoms with Crippen LogP contribution in [0.25, 0.3) is 0 Å². The molecule has 1 heterocycles. The minimum atomic E-state index is -0.466. The second kappa shape index (κ2) is 8.59. The molecular formula is C16H18N4O4. The molecule has 0 aliphatic carbocycles. The topological polar surface area (TPSA) is 102 Å². The molecule has 0 unspecified atom stereocenters. The van der Waals surface area contributed by atoms with E-state index in [4.69, 9.17) is 9.47 Å². The van der Waals surface area contributed by atoms with Crippen LogP contribution in [0.3, 0.4) is 0 Å². The van der Waals surface area contributed by atoms with Gasteiger partial charge in [-0.05, 0) is 12.1 Å². The van der Waals surface area contributed by atoms with Gasteiger partial charge in [-0.1, -0.05) is 12.1 Å². The lowest BCUT2D eigenvalue weighted by Crippen LogP contribution is -2.27. The van der Waals surface area contributed by atoms with Crippen molar-refractivity contribution in [2.24, 2.45) is 0 Å². The first-order valence-electron chi connectivity index (χ1n) is 7.19. The standard InChI is InChI=1S/C16H18N4O4/c1-23-8-7-17-14(21)11-9-18-16(19-10-11)20-13-6-4-3-5-12(13)15(22)24-2/h3-6,9-10H,7-8H2,1-2H3,(H,17,21)(H,18,19,20). The maximum absolute atomic E-state index is 11.8. The number of hydrogen-bond acceptors (Lipinski definition) is 7. The Hall–Kier alpha value is -3.00. The second-order valence-corrected chi connectivity index (χ2v) is 4.71. The molecule has 0 fully saturated rings.